The molecule has 0 fully saturated rings. The Morgan fingerprint density at radius 2 is 1.55 bits per heavy atom. The Balaban J connectivity index is 1.97. The summed E-state index contributed by atoms with van der Waals surface area (Å²) in [5.74, 6) is 1.83. The van der Waals surface area contributed by atoms with Crippen molar-refractivity contribution in [2.75, 3.05) is 18.5 Å². The van der Waals surface area contributed by atoms with Gasteiger partial charge in [-0.15, -0.1) is 0 Å². The lowest BCUT2D eigenvalue weighted by molar-refractivity contribution is 0.337. The predicted octanol–water partition coefficient (Wildman–Crippen LogP) is 4.10. The molecule has 0 atom stereocenters. The summed E-state index contributed by atoms with van der Waals surface area (Å²) in [6.45, 7) is 6.09. The van der Waals surface area contributed by atoms with Crippen LogP contribution in [0.5, 0.6) is 11.5 Å². The van der Waals surface area contributed by atoms with Crippen LogP contribution < -0.4 is 14.8 Å². The van der Waals surface area contributed by atoms with Gasteiger partial charge in [-0.2, -0.15) is 0 Å². The lowest BCUT2D eigenvalue weighted by atomic mass is 10.2. The van der Waals surface area contributed by atoms with Gasteiger partial charge < -0.3 is 14.8 Å². The quantitative estimate of drug-likeness (QED) is 0.822. The molecule has 2 aromatic rings. The number of para-hydroxylation sites is 1. The fourth-order valence-electron chi connectivity index (χ4n) is 1.98. The zero-order chi connectivity index (χ0) is 14.2. The lowest BCUT2D eigenvalue weighted by Gasteiger charge is -2.12. The third-order valence-electron chi connectivity index (χ3n) is 2.92. The van der Waals surface area contributed by atoms with Gasteiger partial charge in [-0.05, 0) is 44.2 Å². The van der Waals surface area contributed by atoms with Gasteiger partial charge in [0.1, 0.15) is 11.5 Å². The SMILES string of the molecule is CCOc1ccc(NCc2ccccc2OCC)cc1. The van der Waals surface area contributed by atoms with Crippen LogP contribution in [0.1, 0.15) is 19.4 Å². The summed E-state index contributed by atoms with van der Waals surface area (Å²) in [7, 11) is 0. The molecule has 106 valence electrons. The first kappa shape index (κ1) is 14.3. The molecule has 0 saturated heterocycles. The molecule has 2 rings (SSSR count). The Kier molecular flexibility index (Phi) is 5.30. The van der Waals surface area contributed by atoms with E-state index in [-0.39, 0.29) is 0 Å². The Bertz CT molecular complexity index is 523. The van der Waals surface area contributed by atoms with E-state index in [0.717, 1.165) is 29.3 Å². The fraction of sp³-hybridized carbons (Fsp3) is 0.294. The molecule has 0 aromatic heterocycles. The molecule has 0 radical (unpaired) electrons. The highest BCUT2D eigenvalue weighted by Gasteiger charge is 2.02. The number of hydrogen-bond donors (Lipinski definition) is 1. The van der Waals surface area contributed by atoms with Crippen molar-refractivity contribution in [1.82, 2.24) is 0 Å². The van der Waals surface area contributed by atoms with Gasteiger partial charge in [0.05, 0.1) is 13.2 Å². The number of benzene rings is 2. The molecule has 0 aliphatic carbocycles. The van der Waals surface area contributed by atoms with Crippen LogP contribution in [0.2, 0.25) is 0 Å². The van der Waals surface area contributed by atoms with E-state index in [1.165, 1.54) is 0 Å². The normalized spacial score (nSPS) is 10.1. The number of nitrogens with one attached hydrogen (secondary N) is 1. The summed E-state index contributed by atoms with van der Waals surface area (Å²) < 4.78 is 11.0. The largest absolute Gasteiger partial charge is 0.494 e. The molecule has 0 amide bonds. The van der Waals surface area contributed by atoms with Crippen LogP contribution in [0, 0.1) is 0 Å². The first-order valence-electron chi connectivity index (χ1n) is 7.01. The summed E-state index contributed by atoms with van der Waals surface area (Å²) in [4.78, 5) is 0. The average Bonchev–Trinajstić information content (AvgIpc) is 2.48. The van der Waals surface area contributed by atoms with Crippen LogP contribution in [0.4, 0.5) is 5.69 Å². The second-order valence-corrected chi connectivity index (χ2v) is 4.35. The van der Waals surface area contributed by atoms with Crippen molar-refractivity contribution in [3.63, 3.8) is 0 Å². The summed E-state index contributed by atoms with van der Waals surface area (Å²) >= 11 is 0. The van der Waals surface area contributed by atoms with Crippen LogP contribution in [-0.4, -0.2) is 13.2 Å². The van der Waals surface area contributed by atoms with Crippen molar-refractivity contribution >= 4 is 5.69 Å². The van der Waals surface area contributed by atoms with E-state index >= 15 is 0 Å². The van der Waals surface area contributed by atoms with E-state index in [0.29, 0.717) is 13.2 Å². The number of anilines is 1. The highest BCUT2D eigenvalue weighted by Crippen LogP contribution is 2.21. The zero-order valence-electron chi connectivity index (χ0n) is 12.1. The highest BCUT2D eigenvalue weighted by molar-refractivity contribution is 5.47. The van der Waals surface area contributed by atoms with Crippen molar-refractivity contribution in [2.45, 2.75) is 20.4 Å². The van der Waals surface area contributed by atoms with E-state index in [1.807, 2.05) is 56.3 Å². The van der Waals surface area contributed by atoms with Crippen molar-refractivity contribution in [3.05, 3.63) is 54.1 Å². The molecule has 20 heavy (non-hydrogen) atoms. The molecule has 0 bridgehead atoms. The van der Waals surface area contributed by atoms with Crippen LogP contribution in [-0.2, 0) is 6.54 Å². The van der Waals surface area contributed by atoms with Gasteiger partial charge in [-0.1, -0.05) is 18.2 Å². The molecule has 0 saturated carbocycles. The molecule has 0 unspecified atom stereocenters. The number of ether oxygens (including phenoxy) is 2. The highest BCUT2D eigenvalue weighted by atomic mass is 16.5. The Morgan fingerprint density at radius 3 is 2.25 bits per heavy atom. The summed E-state index contributed by atoms with van der Waals surface area (Å²) in [5.41, 5.74) is 2.22. The van der Waals surface area contributed by atoms with Gasteiger partial charge in [0, 0.05) is 17.8 Å². The Labute approximate surface area is 120 Å². The van der Waals surface area contributed by atoms with Gasteiger partial charge in [0.25, 0.3) is 0 Å². The third kappa shape index (κ3) is 3.92. The topological polar surface area (TPSA) is 30.5 Å². The van der Waals surface area contributed by atoms with Gasteiger partial charge in [-0.25, -0.2) is 0 Å². The fourth-order valence-corrected chi connectivity index (χ4v) is 1.98. The second kappa shape index (κ2) is 7.43. The van der Waals surface area contributed by atoms with E-state index in [1.54, 1.807) is 0 Å². The van der Waals surface area contributed by atoms with Gasteiger partial charge in [-0.3, -0.25) is 0 Å². The summed E-state index contributed by atoms with van der Waals surface area (Å²) in [5, 5.41) is 3.39. The van der Waals surface area contributed by atoms with Crippen LogP contribution >= 0.6 is 0 Å². The van der Waals surface area contributed by atoms with E-state index in [4.69, 9.17) is 9.47 Å². The monoisotopic (exact) mass is 271 g/mol. The maximum atomic E-state index is 5.62. The molecule has 2 aromatic carbocycles. The smallest absolute Gasteiger partial charge is 0.124 e. The average molecular weight is 271 g/mol. The minimum atomic E-state index is 0.681. The standard InChI is InChI=1S/C17H21NO2/c1-3-19-16-11-9-15(10-12-16)18-13-14-7-5-6-8-17(14)20-4-2/h5-12,18H,3-4,13H2,1-2H3. The van der Waals surface area contributed by atoms with Crippen molar-refractivity contribution < 1.29 is 9.47 Å². The maximum absolute atomic E-state index is 5.62. The van der Waals surface area contributed by atoms with Crippen LogP contribution in [0.3, 0.4) is 0 Å². The van der Waals surface area contributed by atoms with Gasteiger partial charge in [0.2, 0.25) is 0 Å². The first-order chi connectivity index (χ1) is 9.83. The molecule has 0 spiro atoms. The minimum absolute atomic E-state index is 0.681. The van der Waals surface area contributed by atoms with E-state index in [2.05, 4.69) is 11.4 Å². The van der Waals surface area contributed by atoms with Crippen LogP contribution in [0.15, 0.2) is 48.5 Å². The molecular weight excluding hydrogens is 250 g/mol. The third-order valence-corrected chi connectivity index (χ3v) is 2.92. The zero-order valence-corrected chi connectivity index (χ0v) is 12.1. The molecular formula is C17H21NO2. The van der Waals surface area contributed by atoms with Gasteiger partial charge >= 0.3 is 0 Å². The lowest BCUT2D eigenvalue weighted by Crippen LogP contribution is -2.03. The summed E-state index contributed by atoms with van der Waals surface area (Å²) in [6.07, 6.45) is 0. The van der Waals surface area contributed by atoms with Gasteiger partial charge in [0.15, 0.2) is 0 Å². The van der Waals surface area contributed by atoms with Crippen molar-refractivity contribution in [2.24, 2.45) is 0 Å². The molecule has 3 nitrogen and oxygen atoms in total. The van der Waals surface area contributed by atoms with E-state index in [9.17, 15) is 0 Å². The molecule has 0 aliphatic rings. The maximum Gasteiger partial charge on any atom is 0.124 e. The summed E-state index contributed by atoms with van der Waals surface area (Å²) in [6, 6.07) is 16.1. The predicted molar refractivity (Wildman–Crippen MR) is 82.5 cm³/mol. The molecule has 0 heterocycles. The van der Waals surface area contributed by atoms with Crippen molar-refractivity contribution in [1.29, 1.82) is 0 Å². The van der Waals surface area contributed by atoms with E-state index < -0.39 is 0 Å². The number of hydrogen-bond acceptors (Lipinski definition) is 3. The van der Waals surface area contributed by atoms with Crippen LogP contribution in [0.25, 0.3) is 0 Å². The molecule has 1 N–H and O–H groups in total. The Morgan fingerprint density at radius 1 is 0.850 bits per heavy atom. The second-order valence-electron chi connectivity index (χ2n) is 4.35. The Hall–Kier alpha value is -2.16. The molecule has 3 heteroatoms. The number of rotatable bonds is 7. The van der Waals surface area contributed by atoms with Crippen molar-refractivity contribution in [3.8, 4) is 11.5 Å². The first-order valence-corrected chi connectivity index (χ1v) is 7.01. The molecule has 0 aliphatic heterocycles. The minimum Gasteiger partial charge on any atom is -0.494 e.